The standard InChI is InChI=1S/C11H19NO4/c1-8(2)11(15)16-7-9(12(3)4)5-6-10(13)14/h9H,1,5-7H2,2-4H3,(H,13,14). The first-order valence-corrected chi connectivity index (χ1v) is 5.17. The summed E-state index contributed by atoms with van der Waals surface area (Å²) in [6.45, 7) is 5.23. The van der Waals surface area contributed by atoms with Crippen molar-refractivity contribution in [2.24, 2.45) is 0 Å². The molecule has 0 saturated heterocycles. The van der Waals surface area contributed by atoms with Gasteiger partial charge in [0.1, 0.15) is 12.6 Å². The van der Waals surface area contributed by atoms with E-state index >= 15 is 0 Å². The number of carbonyl (C=O) groups is 2. The summed E-state index contributed by atoms with van der Waals surface area (Å²) in [5.41, 5.74) is 0.340. The van der Waals surface area contributed by atoms with E-state index in [1.54, 1.807) is 6.92 Å². The van der Waals surface area contributed by atoms with Gasteiger partial charge in [-0.1, -0.05) is 6.58 Å². The summed E-state index contributed by atoms with van der Waals surface area (Å²) in [6.07, 6.45) is 0.397. The maximum atomic E-state index is 11.1. The Morgan fingerprint density at radius 1 is 1.44 bits per heavy atom. The van der Waals surface area contributed by atoms with E-state index in [9.17, 15) is 14.7 Å². The second-order valence-corrected chi connectivity index (χ2v) is 4.06. The number of likely N-dealkylation sites (N-methyl/N-ethyl adjacent to an activating group) is 1. The van der Waals surface area contributed by atoms with Crippen molar-refractivity contribution >= 4 is 11.9 Å². The number of carbonyl (C=O) groups excluding carboxylic acids is 2. The largest absolute Gasteiger partial charge is 0.550 e. The van der Waals surface area contributed by atoms with Gasteiger partial charge in [0.15, 0.2) is 0 Å². The second-order valence-electron chi connectivity index (χ2n) is 4.06. The van der Waals surface area contributed by atoms with E-state index in [2.05, 4.69) is 6.58 Å². The SMILES string of the molecule is C=C(C)C(=O)OCC(CCC(=O)[O-])[NH+](C)C. The van der Waals surface area contributed by atoms with E-state index in [1.165, 1.54) is 0 Å². The summed E-state index contributed by atoms with van der Waals surface area (Å²) in [5, 5.41) is 10.3. The van der Waals surface area contributed by atoms with E-state index in [-0.39, 0.29) is 19.1 Å². The first kappa shape index (κ1) is 14.6. The van der Waals surface area contributed by atoms with Crippen molar-refractivity contribution in [3.05, 3.63) is 12.2 Å². The van der Waals surface area contributed by atoms with Gasteiger partial charge in [0, 0.05) is 18.0 Å². The lowest BCUT2D eigenvalue weighted by molar-refractivity contribution is -0.886. The van der Waals surface area contributed by atoms with E-state index in [1.807, 2.05) is 14.1 Å². The van der Waals surface area contributed by atoms with E-state index in [0.717, 1.165) is 4.90 Å². The molecule has 0 rings (SSSR count). The van der Waals surface area contributed by atoms with Crippen LogP contribution in [0.1, 0.15) is 19.8 Å². The molecule has 0 aromatic rings. The molecule has 0 aliphatic carbocycles. The van der Waals surface area contributed by atoms with Gasteiger partial charge in [-0.3, -0.25) is 0 Å². The Kier molecular flexibility index (Phi) is 6.41. The molecule has 1 unspecified atom stereocenters. The molecule has 16 heavy (non-hydrogen) atoms. The molecule has 0 bridgehead atoms. The highest BCUT2D eigenvalue weighted by atomic mass is 16.5. The fourth-order valence-electron chi connectivity index (χ4n) is 1.13. The lowest BCUT2D eigenvalue weighted by atomic mass is 10.1. The van der Waals surface area contributed by atoms with Crippen LogP contribution in [0.4, 0.5) is 0 Å². The number of rotatable bonds is 7. The molecule has 0 aliphatic heterocycles. The van der Waals surface area contributed by atoms with Crippen molar-refractivity contribution in [1.29, 1.82) is 0 Å². The van der Waals surface area contributed by atoms with Crippen LogP contribution < -0.4 is 10.0 Å². The van der Waals surface area contributed by atoms with E-state index in [0.29, 0.717) is 12.0 Å². The monoisotopic (exact) mass is 229 g/mol. The normalized spacial score (nSPS) is 12.2. The predicted octanol–water partition coefficient (Wildman–Crippen LogP) is -1.85. The summed E-state index contributed by atoms with van der Waals surface area (Å²) in [6, 6.07) is -0.0406. The Morgan fingerprint density at radius 3 is 2.38 bits per heavy atom. The Balaban J connectivity index is 4.08. The summed E-state index contributed by atoms with van der Waals surface area (Å²) < 4.78 is 4.99. The summed E-state index contributed by atoms with van der Waals surface area (Å²) in [7, 11) is 3.77. The number of carboxylic acids is 1. The van der Waals surface area contributed by atoms with Gasteiger partial charge in [-0.05, 0) is 13.3 Å². The van der Waals surface area contributed by atoms with Gasteiger partial charge in [-0.2, -0.15) is 0 Å². The van der Waals surface area contributed by atoms with Crippen LogP contribution in [0.25, 0.3) is 0 Å². The maximum Gasteiger partial charge on any atom is 0.333 e. The van der Waals surface area contributed by atoms with Crippen molar-refractivity contribution in [2.75, 3.05) is 20.7 Å². The lowest BCUT2D eigenvalue weighted by Gasteiger charge is -2.21. The van der Waals surface area contributed by atoms with Gasteiger partial charge >= 0.3 is 5.97 Å². The van der Waals surface area contributed by atoms with Crippen molar-refractivity contribution < 1.29 is 24.3 Å². The third-order valence-electron chi connectivity index (χ3n) is 2.28. The van der Waals surface area contributed by atoms with E-state index in [4.69, 9.17) is 4.74 Å². The van der Waals surface area contributed by atoms with Crippen LogP contribution in [0.2, 0.25) is 0 Å². The molecular weight excluding hydrogens is 210 g/mol. The number of aliphatic carboxylic acids is 1. The first-order valence-electron chi connectivity index (χ1n) is 5.17. The average Bonchev–Trinajstić information content (AvgIpc) is 2.15. The minimum atomic E-state index is -1.09. The Morgan fingerprint density at radius 2 is 2.00 bits per heavy atom. The van der Waals surface area contributed by atoms with Crippen molar-refractivity contribution in [3.63, 3.8) is 0 Å². The minimum Gasteiger partial charge on any atom is -0.550 e. The van der Waals surface area contributed by atoms with Crippen LogP contribution in [0.3, 0.4) is 0 Å². The number of hydrogen-bond acceptors (Lipinski definition) is 4. The van der Waals surface area contributed by atoms with Gasteiger partial charge < -0.3 is 19.5 Å². The highest BCUT2D eigenvalue weighted by Crippen LogP contribution is 1.97. The molecule has 1 atom stereocenters. The third-order valence-corrected chi connectivity index (χ3v) is 2.28. The lowest BCUT2D eigenvalue weighted by Crippen LogP contribution is -3.10. The zero-order valence-corrected chi connectivity index (χ0v) is 10.0. The molecule has 0 spiro atoms. The predicted molar refractivity (Wildman–Crippen MR) is 56.6 cm³/mol. The second kappa shape index (κ2) is 7.00. The van der Waals surface area contributed by atoms with Gasteiger partial charge in [-0.25, -0.2) is 4.79 Å². The number of hydrogen-bond donors (Lipinski definition) is 1. The number of ether oxygens (including phenoxy) is 1. The topological polar surface area (TPSA) is 70.9 Å². The highest BCUT2D eigenvalue weighted by Gasteiger charge is 2.17. The molecule has 0 aromatic heterocycles. The molecule has 1 N–H and O–H groups in total. The Hall–Kier alpha value is -1.36. The van der Waals surface area contributed by atoms with Crippen molar-refractivity contribution in [3.8, 4) is 0 Å². The number of nitrogens with one attached hydrogen (secondary N) is 1. The Bertz CT molecular complexity index is 273. The number of carboxylic acid groups (broad SMARTS) is 1. The van der Waals surface area contributed by atoms with Gasteiger partial charge in [-0.15, -0.1) is 0 Å². The Labute approximate surface area is 95.7 Å². The minimum absolute atomic E-state index is 0.0273. The fourth-order valence-corrected chi connectivity index (χ4v) is 1.13. The van der Waals surface area contributed by atoms with Crippen LogP contribution in [0, 0.1) is 0 Å². The molecule has 0 aromatic carbocycles. The average molecular weight is 229 g/mol. The molecule has 5 heteroatoms. The highest BCUT2D eigenvalue weighted by molar-refractivity contribution is 5.86. The third kappa shape index (κ3) is 6.19. The zero-order chi connectivity index (χ0) is 12.7. The van der Waals surface area contributed by atoms with E-state index < -0.39 is 11.9 Å². The molecule has 0 saturated carbocycles. The summed E-state index contributed by atoms with van der Waals surface area (Å²) in [4.78, 5) is 22.5. The quantitative estimate of drug-likeness (QED) is 0.411. The smallest absolute Gasteiger partial charge is 0.333 e. The molecule has 5 nitrogen and oxygen atoms in total. The van der Waals surface area contributed by atoms with Crippen LogP contribution in [-0.4, -0.2) is 38.7 Å². The molecule has 92 valence electrons. The number of quaternary nitrogens is 1. The fraction of sp³-hybridized carbons (Fsp3) is 0.636. The molecule has 0 fully saturated rings. The van der Waals surface area contributed by atoms with Crippen LogP contribution in [0.5, 0.6) is 0 Å². The van der Waals surface area contributed by atoms with Gasteiger partial charge in [0.2, 0.25) is 0 Å². The van der Waals surface area contributed by atoms with Crippen LogP contribution >= 0.6 is 0 Å². The first-order chi connectivity index (χ1) is 7.34. The number of esters is 1. The van der Waals surface area contributed by atoms with Crippen LogP contribution in [0.15, 0.2) is 12.2 Å². The molecule has 0 aliphatic rings. The molecule has 0 amide bonds. The summed E-state index contributed by atoms with van der Waals surface area (Å²) >= 11 is 0. The maximum absolute atomic E-state index is 11.1. The van der Waals surface area contributed by atoms with Gasteiger partial charge in [0.25, 0.3) is 0 Å². The molecule has 0 heterocycles. The van der Waals surface area contributed by atoms with Crippen molar-refractivity contribution in [1.82, 2.24) is 0 Å². The molecular formula is C11H19NO4. The van der Waals surface area contributed by atoms with Crippen LogP contribution in [-0.2, 0) is 14.3 Å². The van der Waals surface area contributed by atoms with Crippen molar-refractivity contribution in [2.45, 2.75) is 25.8 Å². The summed E-state index contributed by atoms with van der Waals surface area (Å²) in [5.74, 6) is -1.53. The molecule has 0 radical (unpaired) electrons. The zero-order valence-electron chi connectivity index (χ0n) is 10.0. The van der Waals surface area contributed by atoms with Gasteiger partial charge in [0.05, 0.1) is 14.1 Å².